The summed E-state index contributed by atoms with van der Waals surface area (Å²) in [6, 6.07) is 33.5. The van der Waals surface area contributed by atoms with Gasteiger partial charge in [-0.1, -0.05) is 97.1 Å². The van der Waals surface area contributed by atoms with Gasteiger partial charge in [-0.2, -0.15) is 0 Å². The first kappa shape index (κ1) is 19.6. The van der Waals surface area contributed by atoms with Gasteiger partial charge in [-0.3, -0.25) is 0 Å². The second-order valence-corrected chi connectivity index (χ2v) is 9.23. The minimum atomic E-state index is -2.22. The van der Waals surface area contributed by atoms with Crippen LogP contribution in [0.3, 0.4) is 0 Å². The zero-order valence-corrected chi connectivity index (χ0v) is 18.4. The number of rotatable bonds is 6. The average molecular weight is 437 g/mol. The topological polar surface area (TPSA) is 35.5 Å². The highest BCUT2D eigenvalue weighted by atomic mass is 31.1. The van der Waals surface area contributed by atoms with Crippen LogP contribution in [-0.4, -0.2) is 13.2 Å². The molecule has 0 saturated carbocycles. The Labute approximate surface area is 188 Å². The number of hydrogen-bond donors (Lipinski definition) is 0. The monoisotopic (exact) mass is 437 g/mol. The summed E-state index contributed by atoms with van der Waals surface area (Å²) in [5.41, 5.74) is 9.79. The van der Waals surface area contributed by atoms with Crippen molar-refractivity contribution in [2.45, 2.75) is 11.8 Å². The standard InChI is InChI=1S/C28H22O3P/c29-32(30-17-27-23-13-5-1-9-19(23)20-10-2-6-14-24(20)27)31-18-28-25-15-7-3-11-21(25)22-12-4-8-16-26(22)28/h1-16,27-28H,17-18H2/q+1. The largest absolute Gasteiger partial charge is 0.697 e. The number of fused-ring (bicyclic) bond motifs is 6. The molecule has 0 atom stereocenters. The molecule has 0 radical (unpaired) electrons. The van der Waals surface area contributed by atoms with E-state index in [-0.39, 0.29) is 11.8 Å². The van der Waals surface area contributed by atoms with Crippen LogP contribution in [0, 0.1) is 0 Å². The molecule has 0 aliphatic heterocycles. The van der Waals surface area contributed by atoms with E-state index in [0.717, 1.165) is 0 Å². The molecule has 6 rings (SSSR count). The Morgan fingerprint density at radius 1 is 0.500 bits per heavy atom. The molecule has 4 aromatic rings. The highest BCUT2D eigenvalue weighted by molar-refractivity contribution is 7.33. The summed E-state index contributed by atoms with van der Waals surface area (Å²) < 4.78 is 24.2. The van der Waals surface area contributed by atoms with E-state index in [4.69, 9.17) is 9.05 Å². The molecular weight excluding hydrogens is 415 g/mol. The molecule has 156 valence electrons. The third-order valence-electron chi connectivity index (χ3n) is 6.62. The van der Waals surface area contributed by atoms with Crippen molar-refractivity contribution >= 4 is 8.25 Å². The van der Waals surface area contributed by atoms with Gasteiger partial charge in [-0.15, -0.1) is 9.05 Å². The van der Waals surface area contributed by atoms with Crippen molar-refractivity contribution in [3.63, 3.8) is 0 Å². The fourth-order valence-corrected chi connectivity index (χ4v) is 5.80. The lowest BCUT2D eigenvalue weighted by Crippen LogP contribution is -2.06. The molecule has 0 amide bonds. The summed E-state index contributed by atoms with van der Waals surface area (Å²) in [7, 11) is -2.22. The number of benzene rings is 4. The first-order valence-electron chi connectivity index (χ1n) is 10.9. The average Bonchev–Trinajstić information content (AvgIpc) is 3.34. The van der Waals surface area contributed by atoms with Crippen LogP contribution in [0.25, 0.3) is 22.3 Å². The molecule has 0 fully saturated rings. The Balaban J connectivity index is 1.16. The quantitative estimate of drug-likeness (QED) is 0.297. The lowest BCUT2D eigenvalue weighted by molar-refractivity contribution is 0.217. The van der Waals surface area contributed by atoms with E-state index in [9.17, 15) is 4.57 Å². The van der Waals surface area contributed by atoms with Gasteiger partial charge in [-0.05, 0) is 44.5 Å². The van der Waals surface area contributed by atoms with Gasteiger partial charge in [0, 0.05) is 16.4 Å². The lowest BCUT2D eigenvalue weighted by atomic mass is 9.98. The second kappa shape index (κ2) is 8.11. The van der Waals surface area contributed by atoms with Gasteiger partial charge in [0.15, 0.2) is 0 Å². The van der Waals surface area contributed by atoms with Gasteiger partial charge in [0.05, 0.1) is 0 Å². The number of hydrogen-bond acceptors (Lipinski definition) is 3. The smallest absolute Gasteiger partial charge is 0.118 e. The van der Waals surface area contributed by atoms with E-state index < -0.39 is 8.25 Å². The van der Waals surface area contributed by atoms with E-state index in [0.29, 0.717) is 13.2 Å². The van der Waals surface area contributed by atoms with Gasteiger partial charge in [-0.25, -0.2) is 0 Å². The molecule has 2 aliphatic carbocycles. The van der Waals surface area contributed by atoms with E-state index in [1.807, 2.05) is 24.3 Å². The molecule has 0 unspecified atom stereocenters. The Hall–Kier alpha value is -3.10. The van der Waals surface area contributed by atoms with Crippen molar-refractivity contribution in [2.24, 2.45) is 0 Å². The third-order valence-corrected chi connectivity index (χ3v) is 7.34. The SMILES string of the molecule is O=[P+](OCC1c2ccccc2-c2ccccc21)OCC1c2ccccc2-c2ccccc21. The molecule has 0 spiro atoms. The van der Waals surface area contributed by atoms with Gasteiger partial charge in [0.2, 0.25) is 0 Å². The van der Waals surface area contributed by atoms with Crippen molar-refractivity contribution in [1.82, 2.24) is 0 Å². The summed E-state index contributed by atoms with van der Waals surface area (Å²) in [5, 5.41) is 0. The Morgan fingerprint density at radius 3 is 1.09 bits per heavy atom. The predicted octanol–water partition coefficient (Wildman–Crippen LogP) is 7.30. The Kier molecular flexibility index (Phi) is 4.96. The summed E-state index contributed by atoms with van der Waals surface area (Å²) >= 11 is 0. The molecule has 0 bridgehead atoms. The molecular formula is C28H22O3P+. The van der Waals surface area contributed by atoms with Crippen molar-refractivity contribution < 1.29 is 13.6 Å². The molecule has 4 heteroatoms. The van der Waals surface area contributed by atoms with E-state index in [2.05, 4.69) is 72.8 Å². The molecule has 0 aromatic heterocycles. The van der Waals surface area contributed by atoms with Crippen LogP contribution in [0.1, 0.15) is 34.1 Å². The van der Waals surface area contributed by atoms with Crippen LogP contribution in [0.15, 0.2) is 97.1 Å². The fraction of sp³-hybridized carbons (Fsp3) is 0.143. The van der Waals surface area contributed by atoms with Crippen molar-refractivity contribution in [1.29, 1.82) is 0 Å². The Morgan fingerprint density at radius 2 is 0.781 bits per heavy atom. The van der Waals surface area contributed by atoms with Crippen molar-refractivity contribution in [2.75, 3.05) is 13.2 Å². The zero-order valence-electron chi connectivity index (χ0n) is 17.5. The third kappa shape index (κ3) is 3.22. The van der Waals surface area contributed by atoms with Crippen LogP contribution in [0.4, 0.5) is 0 Å². The zero-order chi connectivity index (χ0) is 21.5. The van der Waals surface area contributed by atoms with Crippen molar-refractivity contribution in [3.8, 4) is 22.3 Å². The van der Waals surface area contributed by atoms with Crippen LogP contribution < -0.4 is 0 Å². The Bertz CT molecular complexity index is 1140. The van der Waals surface area contributed by atoms with E-state index in [1.54, 1.807) is 0 Å². The van der Waals surface area contributed by atoms with Gasteiger partial charge in [0.1, 0.15) is 13.2 Å². The van der Waals surface area contributed by atoms with Crippen LogP contribution in [0.2, 0.25) is 0 Å². The van der Waals surface area contributed by atoms with Crippen molar-refractivity contribution in [3.05, 3.63) is 119 Å². The molecule has 0 saturated heterocycles. The minimum Gasteiger partial charge on any atom is -0.118 e. The van der Waals surface area contributed by atoms with E-state index >= 15 is 0 Å². The maximum Gasteiger partial charge on any atom is 0.697 e. The van der Waals surface area contributed by atoms with Crippen LogP contribution >= 0.6 is 8.25 Å². The fourth-order valence-electron chi connectivity index (χ4n) is 5.19. The van der Waals surface area contributed by atoms with E-state index in [1.165, 1.54) is 44.5 Å². The molecule has 2 aliphatic rings. The first-order chi connectivity index (χ1) is 15.8. The minimum absolute atomic E-state index is 0.0675. The predicted molar refractivity (Wildman–Crippen MR) is 127 cm³/mol. The van der Waals surface area contributed by atoms with Gasteiger partial charge < -0.3 is 0 Å². The summed E-state index contributed by atoms with van der Waals surface area (Å²) in [6.45, 7) is 0.669. The summed E-state index contributed by atoms with van der Waals surface area (Å²) in [6.07, 6.45) is 0. The van der Waals surface area contributed by atoms with Gasteiger partial charge >= 0.3 is 8.25 Å². The maximum absolute atomic E-state index is 12.7. The first-order valence-corrected chi connectivity index (χ1v) is 12.0. The highest BCUT2D eigenvalue weighted by Crippen LogP contribution is 2.47. The maximum atomic E-state index is 12.7. The highest BCUT2D eigenvalue weighted by Gasteiger charge is 2.35. The molecule has 32 heavy (non-hydrogen) atoms. The molecule has 0 heterocycles. The summed E-state index contributed by atoms with van der Waals surface area (Å²) in [4.78, 5) is 0. The summed E-state index contributed by atoms with van der Waals surface area (Å²) in [5.74, 6) is 0.135. The molecule has 0 N–H and O–H groups in total. The van der Waals surface area contributed by atoms with Crippen LogP contribution in [0.5, 0.6) is 0 Å². The normalized spacial score (nSPS) is 14.0. The lowest BCUT2D eigenvalue weighted by Gasteiger charge is -2.11. The molecule has 4 aromatic carbocycles. The molecule has 3 nitrogen and oxygen atoms in total. The van der Waals surface area contributed by atoms with Crippen LogP contribution in [-0.2, 0) is 13.6 Å². The van der Waals surface area contributed by atoms with Gasteiger partial charge in [0.25, 0.3) is 0 Å². The second-order valence-electron chi connectivity index (χ2n) is 8.27.